The summed E-state index contributed by atoms with van der Waals surface area (Å²) in [4.78, 5) is 0. The van der Waals surface area contributed by atoms with Gasteiger partial charge in [-0.25, -0.2) is 0 Å². The molecular formula is C25H25NO. The van der Waals surface area contributed by atoms with E-state index in [4.69, 9.17) is 4.74 Å². The van der Waals surface area contributed by atoms with Gasteiger partial charge in [0.05, 0.1) is 13.2 Å². The van der Waals surface area contributed by atoms with Gasteiger partial charge in [-0.3, -0.25) is 0 Å². The lowest BCUT2D eigenvalue weighted by Crippen LogP contribution is -2.30. The van der Waals surface area contributed by atoms with E-state index in [1.165, 1.54) is 38.7 Å². The maximum absolute atomic E-state index is 5.84. The molecule has 2 heteroatoms. The molecule has 1 aliphatic heterocycles. The second-order valence-electron chi connectivity index (χ2n) is 7.85. The van der Waals surface area contributed by atoms with Crippen LogP contribution in [0.25, 0.3) is 10.8 Å². The monoisotopic (exact) mass is 355 g/mol. The third-order valence-electron chi connectivity index (χ3n) is 6.53. The van der Waals surface area contributed by atoms with Crippen LogP contribution in [0.5, 0.6) is 5.75 Å². The number of rotatable bonds is 2. The highest BCUT2D eigenvalue weighted by molar-refractivity contribution is 5.89. The highest BCUT2D eigenvalue weighted by Gasteiger charge is 2.40. The Morgan fingerprint density at radius 2 is 1.85 bits per heavy atom. The van der Waals surface area contributed by atoms with Crippen LogP contribution in [-0.4, -0.2) is 7.11 Å². The van der Waals surface area contributed by atoms with Crippen molar-refractivity contribution >= 4 is 16.5 Å². The molecule has 3 unspecified atom stereocenters. The lowest BCUT2D eigenvalue weighted by atomic mass is 9.75. The van der Waals surface area contributed by atoms with Crippen LogP contribution in [0.4, 0.5) is 5.69 Å². The van der Waals surface area contributed by atoms with Gasteiger partial charge in [-0.05, 0) is 59.7 Å². The van der Waals surface area contributed by atoms with Crippen molar-refractivity contribution in [2.45, 2.75) is 32.2 Å². The predicted octanol–water partition coefficient (Wildman–Crippen LogP) is 6.29. The molecule has 0 saturated carbocycles. The zero-order valence-electron chi connectivity index (χ0n) is 16.1. The molecule has 0 amide bonds. The number of methoxy groups -OCH3 is 1. The molecule has 0 spiro atoms. The zero-order valence-corrected chi connectivity index (χ0v) is 16.1. The Balaban J connectivity index is 1.75. The molecule has 2 nitrogen and oxygen atoms in total. The molecule has 0 aromatic heterocycles. The third kappa shape index (κ3) is 2.39. The largest absolute Gasteiger partial charge is 0.496 e. The highest BCUT2D eigenvalue weighted by atomic mass is 16.5. The number of aryl methyl sites for hydroxylation is 1. The van der Waals surface area contributed by atoms with Gasteiger partial charge >= 0.3 is 0 Å². The van der Waals surface area contributed by atoms with E-state index in [0.29, 0.717) is 11.8 Å². The lowest BCUT2D eigenvalue weighted by molar-refractivity contribution is 0.383. The van der Waals surface area contributed by atoms with Crippen LogP contribution in [0, 0.1) is 19.8 Å². The van der Waals surface area contributed by atoms with Crippen molar-refractivity contribution in [1.82, 2.24) is 0 Å². The summed E-state index contributed by atoms with van der Waals surface area (Å²) < 4.78 is 5.84. The van der Waals surface area contributed by atoms with Crippen LogP contribution in [0.1, 0.15) is 40.6 Å². The fourth-order valence-electron chi connectivity index (χ4n) is 4.98. The topological polar surface area (TPSA) is 21.3 Å². The van der Waals surface area contributed by atoms with Crippen molar-refractivity contribution in [2.24, 2.45) is 5.92 Å². The van der Waals surface area contributed by atoms with Crippen LogP contribution in [-0.2, 0) is 0 Å². The Morgan fingerprint density at radius 3 is 2.70 bits per heavy atom. The summed E-state index contributed by atoms with van der Waals surface area (Å²) in [6.45, 7) is 4.43. The van der Waals surface area contributed by atoms with E-state index < -0.39 is 0 Å². The number of anilines is 1. The van der Waals surface area contributed by atoms with Gasteiger partial charge in [0.25, 0.3) is 0 Å². The Kier molecular flexibility index (Phi) is 3.75. The van der Waals surface area contributed by atoms with E-state index in [9.17, 15) is 0 Å². The molecule has 1 aliphatic carbocycles. The molecule has 1 N–H and O–H groups in total. The van der Waals surface area contributed by atoms with Crippen molar-refractivity contribution in [3.8, 4) is 5.75 Å². The molecule has 3 aromatic rings. The first-order valence-electron chi connectivity index (χ1n) is 9.78. The van der Waals surface area contributed by atoms with Crippen molar-refractivity contribution in [3.05, 3.63) is 82.9 Å². The van der Waals surface area contributed by atoms with E-state index in [-0.39, 0.29) is 6.04 Å². The standard InChI is InChI=1S/C25H25NO/c1-15-11-13-21-19-9-6-10-20(19)25(26-24(21)16(15)2)23-18-8-5-4-7-17(18)12-14-22(23)27-3/h4-9,11-14,19-20,25-26H,10H2,1-3H3. The summed E-state index contributed by atoms with van der Waals surface area (Å²) >= 11 is 0. The molecule has 0 saturated heterocycles. The molecule has 27 heavy (non-hydrogen) atoms. The number of ether oxygens (including phenoxy) is 1. The van der Waals surface area contributed by atoms with Crippen LogP contribution >= 0.6 is 0 Å². The summed E-state index contributed by atoms with van der Waals surface area (Å²) in [6, 6.07) is 17.7. The Morgan fingerprint density at radius 1 is 1.00 bits per heavy atom. The smallest absolute Gasteiger partial charge is 0.124 e. The number of hydrogen-bond donors (Lipinski definition) is 1. The van der Waals surface area contributed by atoms with E-state index in [0.717, 1.165) is 12.2 Å². The number of hydrogen-bond acceptors (Lipinski definition) is 2. The fourth-order valence-corrected chi connectivity index (χ4v) is 4.98. The van der Waals surface area contributed by atoms with E-state index in [2.05, 4.69) is 79.8 Å². The molecule has 136 valence electrons. The maximum Gasteiger partial charge on any atom is 0.124 e. The first-order chi connectivity index (χ1) is 13.2. The summed E-state index contributed by atoms with van der Waals surface area (Å²) in [5, 5.41) is 6.49. The van der Waals surface area contributed by atoms with Gasteiger partial charge in [0, 0.05) is 17.2 Å². The minimum atomic E-state index is 0.235. The van der Waals surface area contributed by atoms with Crippen LogP contribution < -0.4 is 10.1 Å². The summed E-state index contributed by atoms with van der Waals surface area (Å²) in [7, 11) is 1.78. The van der Waals surface area contributed by atoms with Crippen LogP contribution in [0.3, 0.4) is 0 Å². The van der Waals surface area contributed by atoms with Crippen molar-refractivity contribution in [2.75, 3.05) is 12.4 Å². The molecule has 1 heterocycles. The molecule has 3 aromatic carbocycles. The first kappa shape index (κ1) is 16.4. The zero-order chi connectivity index (χ0) is 18.5. The van der Waals surface area contributed by atoms with E-state index in [1.807, 2.05) is 0 Å². The van der Waals surface area contributed by atoms with Gasteiger partial charge in [-0.2, -0.15) is 0 Å². The number of benzene rings is 3. The van der Waals surface area contributed by atoms with Gasteiger partial charge in [0.1, 0.15) is 5.75 Å². The predicted molar refractivity (Wildman–Crippen MR) is 113 cm³/mol. The molecular weight excluding hydrogens is 330 g/mol. The first-order valence-corrected chi connectivity index (χ1v) is 9.78. The lowest BCUT2D eigenvalue weighted by Gasteiger charge is -2.39. The average Bonchev–Trinajstić information content (AvgIpc) is 3.19. The summed E-state index contributed by atoms with van der Waals surface area (Å²) in [6.07, 6.45) is 5.86. The quantitative estimate of drug-likeness (QED) is 0.545. The molecule has 5 rings (SSSR count). The summed E-state index contributed by atoms with van der Waals surface area (Å²) in [5.41, 5.74) is 6.73. The second kappa shape index (κ2) is 6.16. The fraction of sp³-hybridized carbons (Fsp3) is 0.280. The van der Waals surface area contributed by atoms with Gasteiger partial charge in [-0.1, -0.05) is 54.6 Å². The van der Waals surface area contributed by atoms with Gasteiger partial charge in [0.2, 0.25) is 0 Å². The Bertz CT molecular complexity index is 1070. The number of allylic oxidation sites excluding steroid dienone is 2. The molecule has 0 bridgehead atoms. The van der Waals surface area contributed by atoms with Gasteiger partial charge in [0.15, 0.2) is 0 Å². The highest BCUT2D eigenvalue weighted by Crippen LogP contribution is 2.53. The Labute approximate surface area is 160 Å². The van der Waals surface area contributed by atoms with Crippen molar-refractivity contribution in [1.29, 1.82) is 0 Å². The van der Waals surface area contributed by atoms with E-state index in [1.54, 1.807) is 7.11 Å². The molecule has 0 radical (unpaired) electrons. The molecule has 2 aliphatic rings. The second-order valence-corrected chi connectivity index (χ2v) is 7.85. The van der Waals surface area contributed by atoms with Crippen molar-refractivity contribution < 1.29 is 4.74 Å². The van der Waals surface area contributed by atoms with Gasteiger partial charge < -0.3 is 10.1 Å². The van der Waals surface area contributed by atoms with Crippen LogP contribution in [0.2, 0.25) is 0 Å². The maximum atomic E-state index is 5.84. The van der Waals surface area contributed by atoms with Crippen LogP contribution in [0.15, 0.2) is 60.7 Å². The number of fused-ring (bicyclic) bond motifs is 4. The SMILES string of the molecule is COc1ccc2ccccc2c1C1Nc2c(ccc(C)c2C)C2C=CCC21. The average molecular weight is 355 g/mol. The minimum absolute atomic E-state index is 0.235. The van der Waals surface area contributed by atoms with Gasteiger partial charge in [-0.15, -0.1) is 0 Å². The van der Waals surface area contributed by atoms with E-state index >= 15 is 0 Å². The normalized spacial score (nSPS) is 23.0. The third-order valence-corrected chi connectivity index (χ3v) is 6.53. The molecule has 3 atom stereocenters. The molecule has 0 fully saturated rings. The Hall–Kier alpha value is -2.74. The minimum Gasteiger partial charge on any atom is -0.496 e. The number of nitrogens with one attached hydrogen (secondary N) is 1. The van der Waals surface area contributed by atoms with Crippen molar-refractivity contribution in [3.63, 3.8) is 0 Å². The summed E-state index contributed by atoms with van der Waals surface area (Å²) in [5.74, 6) is 1.96.